The zero-order valence-corrected chi connectivity index (χ0v) is 11.5. The number of hydrogen-bond donors (Lipinski definition) is 1. The maximum Gasteiger partial charge on any atom is 0.341 e. The summed E-state index contributed by atoms with van der Waals surface area (Å²) < 4.78 is 7.27. The summed E-state index contributed by atoms with van der Waals surface area (Å²) in [4.78, 5) is 8.24. The molecule has 0 atom stereocenters. The molecular formula is C15H14N4O2. The molecule has 6 nitrogen and oxygen atoms in total. The summed E-state index contributed by atoms with van der Waals surface area (Å²) in [5, 5.41) is 13.6. The molecule has 1 N–H and O–H groups in total. The van der Waals surface area contributed by atoms with E-state index in [0.717, 1.165) is 11.4 Å². The zero-order valence-electron chi connectivity index (χ0n) is 11.5. The molecule has 0 aliphatic carbocycles. The molecule has 106 valence electrons. The van der Waals surface area contributed by atoms with E-state index in [9.17, 15) is 5.11 Å². The van der Waals surface area contributed by atoms with Gasteiger partial charge in [0.2, 0.25) is 0 Å². The molecule has 3 rings (SSSR count). The van der Waals surface area contributed by atoms with E-state index in [-0.39, 0.29) is 12.6 Å². The van der Waals surface area contributed by atoms with Gasteiger partial charge in [-0.3, -0.25) is 4.98 Å². The lowest BCUT2D eigenvalue weighted by molar-refractivity contribution is 0.275. The highest BCUT2D eigenvalue weighted by molar-refractivity contribution is 5.34. The van der Waals surface area contributed by atoms with E-state index in [1.54, 1.807) is 23.3 Å². The SMILES string of the molecule is Cc1cc(Oc2ncn(-c3ccccc3)n2)c(CO)cn1. The van der Waals surface area contributed by atoms with E-state index in [4.69, 9.17) is 4.74 Å². The summed E-state index contributed by atoms with van der Waals surface area (Å²) >= 11 is 0. The van der Waals surface area contributed by atoms with Crippen molar-refractivity contribution >= 4 is 0 Å². The Hall–Kier alpha value is -2.73. The van der Waals surface area contributed by atoms with E-state index in [1.165, 1.54) is 0 Å². The van der Waals surface area contributed by atoms with Crippen molar-refractivity contribution in [2.24, 2.45) is 0 Å². The number of hydrogen-bond acceptors (Lipinski definition) is 5. The summed E-state index contributed by atoms with van der Waals surface area (Å²) in [6.45, 7) is 1.70. The van der Waals surface area contributed by atoms with Crippen molar-refractivity contribution in [3.05, 3.63) is 60.2 Å². The summed E-state index contributed by atoms with van der Waals surface area (Å²) in [7, 11) is 0. The number of aryl methyl sites for hydroxylation is 1. The molecule has 3 aromatic rings. The highest BCUT2D eigenvalue weighted by Crippen LogP contribution is 2.23. The van der Waals surface area contributed by atoms with Gasteiger partial charge in [0.15, 0.2) is 0 Å². The topological polar surface area (TPSA) is 73.1 Å². The number of para-hydroxylation sites is 1. The molecule has 0 unspecified atom stereocenters. The summed E-state index contributed by atoms with van der Waals surface area (Å²) in [5.74, 6) is 0.510. The maximum absolute atomic E-state index is 9.30. The third kappa shape index (κ3) is 2.90. The fourth-order valence-corrected chi connectivity index (χ4v) is 1.87. The molecule has 6 heteroatoms. The Morgan fingerprint density at radius 1 is 1.19 bits per heavy atom. The van der Waals surface area contributed by atoms with Gasteiger partial charge < -0.3 is 9.84 Å². The van der Waals surface area contributed by atoms with Crippen LogP contribution in [0.2, 0.25) is 0 Å². The minimum absolute atomic E-state index is 0.151. The number of nitrogens with zero attached hydrogens (tertiary/aromatic N) is 4. The molecule has 2 heterocycles. The average molecular weight is 282 g/mol. The molecule has 2 aromatic heterocycles. The Balaban J connectivity index is 1.87. The number of ether oxygens (including phenoxy) is 1. The van der Waals surface area contributed by atoms with Gasteiger partial charge in [-0.25, -0.2) is 4.68 Å². The number of aliphatic hydroxyl groups is 1. The van der Waals surface area contributed by atoms with Gasteiger partial charge in [-0.15, -0.1) is 5.10 Å². The van der Waals surface area contributed by atoms with Crippen LogP contribution < -0.4 is 4.74 Å². The van der Waals surface area contributed by atoms with Crippen LogP contribution in [0.5, 0.6) is 11.8 Å². The van der Waals surface area contributed by atoms with Crippen molar-refractivity contribution in [3.63, 3.8) is 0 Å². The molecule has 0 amide bonds. The van der Waals surface area contributed by atoms with Crippen LogP contribution in [0.4, 0.5) is 0 Å². The molecule has 0 spiro atoms. The molecular weight excluding hydrogens is 268 g/mol. The quantitative estimate of drug-likeness (QED) is 0.794. The molecule has 0 aliphatic rings. The lowest BCUT2D eigenvalue weighted by atomic mass is 10.2. The van der Waals surface area contributed by atoms with Gasteiger partial charge in [-0.1, -0.05) is 18.2 Å². The van der Waals surface area contributed by atoms with Crippen LogP contribution in [0.15, 0.2) is 48.9 Å². The van der Waals surface area contributed by atoms with Crippen LogP contribution in [-0.2, 0) is 6.61 Å². The average Bonchev–Trinajstić information content (AvgIpc) is 2.97. The fraction of sp³-hybridized carbons (Fsp3) is 0.133. The summed E-state index contributed by atoms with van der Waals surface area (Å²) in [6.07, 6.45) is 3.16. The van der Waals surface area contributed by atoms with Gasteiger partial charge in [0.05, 0.1) is 12.3 Å². The second kappa shape index (κ2) is 5.72. The second-order valence-corrected chi connectivity index (χ2v) is 4.50. The Bertz CT molecular complexity index is 740. The minimum Gasteiger partial charge on any atom is -0.423 e. The minimum atomic E-state index is -0.151. The Labute approximate surface area is 121 Å². The molecule has 0 saturated carbocycles. The predicted molar refractivity (Wildman–Crippen MR) is 76.3 cm³/mol. The van der Waals surface area contributed by atoms with Crippen LogP contribution in [0.3, 0.4) is 0 Å². The van der Waals surface area contributed by atoms with Crippen molar-refractivity contribution in [2.75, 3.05) is 0 Å². The Morgan fingerprint density at radius 2 is 2.00 bits per heavy atom. The van der Waals surface area contributed by atoms with Gasteiger partial charge in [0.25, 0.3) is 0 Å². The summed E-state index contributed by atoms with van der Waals surface area (Å²) in [5.41, 5.74) is 2.29. The lowest BCUT2D eigenvalue weighted by Gasteiger charge is -2.06. The lowest BCUT2D eigenvalue weighted by Crippen LogP contribution is -1.97. The zero-order chi connectivity index (χ0) is 14.7. The first-order valence-corrected chi connectivity index (χ1v) is 6.47. The number of pyridine rings is 1. The van der Waals surface area contributed by atoms with Crippen LogP contribution in [0, 0.1) is 6.92 Å². The molecule has 0 saturated heterocycles. The Morgan fingerprint density at radius 3 is 2.76 bits per heavy atom. The Kier molecular flexibility index (Phi) is 3.61. The van der Waals surface area contributed by atoms with Crippen LogP contribution >= 0.6 is 0 Å². The third-order valence-corrected chi connectivity index (χ3v) is 2.94. The first-order valence-electron chi connectivity index (χ1n) is 6.47. The van der Waals surface area contributed by atoms with Gasteiger partial charge in [-0.2, -0.15) is 4.98 Å². The third-order valence-electron chi connectivity index (χ3n) is 2.94. The first kappa shape index (κ1) is 13.3. The van der Waals surface area contributed by atoms with E-state index in [0.29, 0.717) is 11.3 Å². The van der Waals surface area contributed by atoms with Gasteiger partial charge in [0, 0.05) is 23.5 Å². The smallest absolute Gasteiger partial charge is 0.341 e. The van der Waals surface area contributed by atoms with E-state index in [1.807, 2.05) is 37.3 Å². The van der Waals surface area contributed by atoms with Crippen molar-refractivity contribution in [1.82, 2.24) is 19.7 Å². The van der Waals surface area contributed by atoms with E-state index >= 15 is 0 Å². The highest BCUT2D eigenvalue weighted by Gasteiger charge is 2.09. The monoisotopic (exact) mass is 282 g/mol. The molecule has 0 aliphatic heterocycles. The van der Waals surface area contributed by atoms with Crippen molar-refractivity contribution in [3.8, 4) is 17.4 Å². The van der Waals surface area contributed by atoms with Crippen LogP contribution in [0.25, 0.3) is 5.69 Å². The van der Waals surface area contributed by atoms with Crippen LogP contribution in [0.1, 0.15) is 11.3 Å². The largest absolute Gasteiger partial charge is 0.423 e. The van der Waals surface area contributed by atoms with E-state index < -0.39 is 0 Å². The summed E-state index contributed by atoms with van der Waals surface area (Å²) in [6, 6.07) is 11.6. The second-order valence-electron chi connectivity index (χ2n) is 4.50. The standard InChI is InChI=1S/C15H14N4O2/c1-11-7-14(12(9-20)8-16-11)21-15-17-10-19(18-15)13-5-3-2-4-6-13/h2-8,10,20H,9H2,1H3. The normalized spacial score (nSPS) is 10.6. The van der Waals surface area contributed by atoms with E-state index in [2.05, 4.69) is 15.1 Å². The molecule has 0 bridgehead atoms. The van der Waals surface area contributed by atoms with Crippen molar-refractivity contribution < 1.29 is 9.84 Å². The van der Waals surface area contributed by atoms with Gasteiger partial charge in [-0.05, 0) is 19.1 Å². The number of rotatable bonds is 4. The number of aromatic nitrogens is 4. The van der Waals surface area contributed by atoms with Crippen LogP contribution in [-0.4, -0.2) is 24.9 Å². The number of aliphatic hydroxyl groups excluding tert-OH is 1. The molecule has 0 fully saturated rings. The van der Waals surface area contributed by atoms with Crippen molar-refractivity contribution in [2.45, 2.75) is 13.5 Å². The first-order chi connectivity index (χ1) is 10.3. The molecule has 21 heavy (non-hydrogen) atoms. The molecule has 0 radical (unpaired) electrons. The fourth-order valence-electron chi connectivity index (χ4n) is 1.87. The maximum atomic E-state index is 9.30. The van der Waals surface area contributed by atoms with Crippen molar-refractivity contribution in [1.29, 1.82) is 0 Å². The predicted octanol–water partition coefficient (Wildman–Crippen LogP) is 2.26. The molecule has 1 aromatic carbocycles. The highest BCUT2D eigenvalue weighted by atomic mass is 16.5. The van der Waals surface area contributed by atoms with Gasteiger partial charge in [0.1, 0.15) is 12.1 Å². The number of benzene rings is 1. The van der Waals surface area contributed by atoms with Gasteiger partial charge >= 0.3 is 6.01 Å².